The number of hydrogen-bond donors (Lipinski definition) is 1. The molecule has 0 amide bonds. The number of fused-ring (bicyclic) bond motifs is 6. The van der Waals surface area contributed by atoms with Crippen molar-refractivity contribution in [2.75, 3.05) is 4.90 Å². The van der Waals surface area contributed by atoms with E-state index in [9.17, 15) is 0 Å². The second-order valence-corrected chi connectivity index (χ2v) is 9.02. The Morgan fingerprint density at radius 2 is 1.59 bits per heavy atom. The summed E-state index contributed by atoms with van der Waals surface area (Å²) in [6, 6.07) is 25.5. The smallest absolute Gasteiger partial charge is 0.164 e. The molecule has 0 fully saturated rings. The molecule has 5 heteroatoms. The van der Waals surface area contributed by atoms with Crippen molar-refractivity contribution in [2.24, 2.45) is 0 Å². The molecule has 7 rings (SSSR count). The summed E-state index contributed by atoms with van der Waals surface area (Å²) in [5, 5.41) is 4.62. The van der Waals surface area contributed by atoms with Gasteiger partial charge in [-0.1, -0.05) is 42.5 Å². The minimum atomic E-state index is -0.0404. The maximum atomic E-state index is 5.30. The molecule has 2 aliphatic rings. The Labute approximate surface area is 197 Å². The number of rotatable bonds is 2. The van der Waals surface area contributed by atoms with Crippen molar-refractivity contribution in [2.45, 2.75) is 19.9 Å². The molecular formula is C29H23N5. The summed E-state index contributed by atoms with van der Waals surface area (Å²) < 4.78 is 2.24. The van der Waals surface area contributed by atoms with Crippen molar-refractivity contribution in [1.29, 1.82) is 0 Å². The van der Waals surface area contributed by atoms with Crippen molar-refractivity contribution in [3.8, 4) is 5.69 Å². The van der Waals surface area contributed by atoms with E-state index in [1.165, 1.54) is 11.1 Å². The molecule has 2 aromatic heterocycles. The number of aryl methyl sites for hydroxylation is 2. The van der Waals surface area contributed by atoms with Crippen LogP contribution in [0.5, 0.6) is 0 Å². The summed E-state index contributed by atoms with van der Waals surface area (Å²) >= 11 is 0. The number of allylic oxidation sites excluding steroid dienone is 2. The molecule has 34 heavy (non-hydrogen) atoms. The van der Waals surface area contributed by atoms with Gasteiger partial charge in [-0.05, 0) is 73.7 Å². The van der Waals surface area contributed by atoms with Crippen LogP contribution in [-0.2, 0) is 0 Å². The van der Waals surface area contributed by atoms with Crippen LogP contribution >= 0.6 is 0 Å². The van der Waals surface area contributed by atoms with Gasteiger partial charge in [-0.3, -0.25) is 9.47 Å². The predicted octanol–water partition coefficient (Wildman–Crippen LogP) is 6.38. The van der Waals surface area contributed by atoms with Crippen LogP contribution < -0.4 is 10.2 Å². The predicted molar refractivity (Wildman–Crippen MR) is 138 cm³/mol. The lowest BCUT2D eigenvalue weighted by atomic mass is 10.1. The number of dihydropyridines is 1. The molecule has 164 valence electrons. The van der Waals surface area contributed by atoms with E-state index in [4.69, 9.17) is 9.97 Å². The molecule has 3 aromatic carbocycles. The van der Waals surface area contributed by atoms with Gasteiger partial charge in [0.1, 0.15) is 17.3 Å². The molecule has 5 aromatic rings. The van der Waals surface area contributed by atoms with Crippen LogP contribution in [0, 0.1) is 13.8 Å². The lowest BCUT2D eigenvalue weighted by molar-refractivity contribution is 0.703. The van der Waals surface area contributed by atoms with Crippen molar-refractivity contribution < 1.29 is 0 Å². The number of anilines is 2. The fourth-order valence-corrected chi connectivity index (χ4v) is 5.20. The van der Waals surface area contributed by atoms with Crippen molar-refractivity contribution in [3.05, 3.63) is 114 Å². The van der Waals surface area contributed by atoms with Gasteiger partial charge in [0, 0.05) is 16.8 Å². The van der Waals surface area contributed by atoms with E-state index in [-0.39, 0.29) is 6.04 Å². The molecule has 0 spiro atoms. The summed E-state index contributed by atoms with van der Waals surface area (Å²) in [5.74, 6) is 0.887. The average molecular weight is 442 g/mol. The largest absolute Gasteiger partial charge is 0.377 e. The number of nitrogens with zero attached hydrogens (tertiary/aromatic N) is 4. The Balaban J connectivity index is 1.56. The summed E-state index contributed by atoms with van der Waals surface area (Å²) in [6.07, 6.45) is 6.19. The Hall–Kier alpha value is -4.38. The molecule has 0 saturated carbocycles. The van der Waals surface area contributed by atoms with Crippen LogP contribution in [0.1, 0.15) is 22.9 Å². The Bertz CT molecular complexity index is 1670. The zero-order chi connectivity index (χ0) is 22.8. The monoisotopic (exact) mass is 441 g/mol. The van der Waals surface area contributed by atoms with E-state index >= 15 is 0 Å². The SMILES string of the molecule is Cc1cccc(N2C3=CC=CNC3c3nc4c(nc32)c2ccccc2n4-c2cccc(C)c2)c1. The van der Waals surface area contributed by atoms with Crippen molar-refractivity contribution >= 4 is 33.6 Å². The summed E-state index contributed by atoms with van der Waals surface area (Å²) in [5.41, 5.74) is 9.63. The number of hydrogen-bond acceptors (Lipinski definition) is 4. The zero-order valence-electron chi connectivity index (χ0n) is 19.0. The third kappa shape index (κ3) is 2.67. The topological polar surface area (TPSA) is 46.0 Å². The normalized spacial score (nSPS) is 16.5. The second-order valence-electron chi connectivity index (χ2n) is 9.02. The van der Waals surface area contributed by atoms with Gasteiger partial charge in [-0.15, -0.1) is 0 Å². The van der Waals surface area contributed by atoms with Gasteiger partial charge in [0.25, 0.3) is 0 Å². The molecule has 0 saturated heterocycles. The molecule has 1 unspecified atom stereocenters. The third-order valence-corrected chi connectivity index (χ3v) is 6.68. The van der Waals surface area contributed by atoms with Crippen LogP contribution in [0.25, 0.3) is 27.8 Å². The van der Waals surface area contributed by atoms with Crippen LogP contribution in [-0.4, -0.2) is 14.5 Å². The van der Waals surface area contributed by atoms with E-state index in [2.05, 4.69) is 108 Å². The molecule has 5 nitrogen and oxygen atoms in total. The molecular weight excluding hydrogens is 418 g/mol. The van der Waals surface area contributed by atoms with Crippen LogP contribution in [0.2, 0.25) is 0 Å². The van der Waals surface area contributed by atoms with E-state index in [0.717, 1.165) is 50.7 Å². The number of nitrogens with one attached hydrogen (secondary N) is 1. The van der Waals surface area contributed by atoms with E-state index in [1.807, 2.05) is 12.3 Å². The highest BCUT2D eigenvalue weighted by Crippen LogP contribution is 2.47. The van der Waals surface area contributed by atoms with Crippen molar-refractivity contribution in [3.63, 3.8) is 0 Å². The maximum Gasteiger partial charge on any atom is 0.164 e. The molecule has 4 heterocycles. The minimum Gasteiger partial charge on any atom is -0.377 e. The fraction of sp³-hybridized carbons (Fsp3) is 0.103. The van der Waals surface area contributed by atoms with Crippen molar-refractivity contribution in [1.82, 2.24) is 19.9 Å². The van der Waals surface area contributed by atoms with Gasteiger partial charge in [-0.2, -0.15) is 0 Å². The van der Waals surface area contributed by atoms with E-state index < -0.39 is 0 Å². The fourth-order valence-electron chi connectivity index (χ4n) is 5.20. The van der Waals surface area contributed by atoms with Gasteiger partial charge < -0.3 is 5.32 Å². The standard InChI is InChI=1S/C29H23N5/c1-18-8-5-10-20(16-18)33-23-13-4-3-12-22(23)25-28(33)32-27-26-24(14-7-15-30-26)34(29(27)31-25)21-11-6-9-19(2)17-21/h3-17,26,30H,1-2H3. The highest BCUT2D eigenvalue weighted by Gasteiger charge is 2.39. The maximum absolute atomic E-state index is 5.30. The lowest BCUT2D eigenvalue weighted by Crippen LogP contribution is -2.22. The first-order valence-electron chi connectivity index (χ1n) is 11.6. The van der Waals surface area contributed by atoms with Gasteiger partial charge >= 0.3 is 0 Å². The molecule has 0 radical (unpaired) electrons. The van der Waals surface area contributed by atoms with E-state index in [0.29, 0.717) is 0 Å². The van der Waals surface area contributed by atoms with Crippen LogP contribution in [0.15, 0.2) is 96.8 Å². The first kappa shape index (κ1) is 19.1. The summed E-state index contributed by atoms with van der Waals surface area (Å²) in [6.45, 7) is 4.24. The van der Waals surface area contributed by atoms with Gasteiger partial charge in [0.15, 0.2) is 11.5 Å². The Kier molecular flexibility index (Phi) is 3.97. The summed E-state index contributed by atoms with van der Waals surface area (Å²) in [7, 11) is 0. The number of aromatic nitrogens is 3. The number of para-hydroxylation sites is 1. The lowest BCUT2D eigenvalue weighted by Gasteiger charge is -2.24. The van der Waals surface area contributed by atoms with E-state index in [1.54, 1.807) is 0 Å². The third-order valence-electron chi connectivity index (χ3n) is 6.68. The minimum absolute atomic E-state index is 0.0404. The Morgan fingerprint density at radius 1 is 0.824 bits per heavy atom. The molecule has 0 aliphatic carbocycles. The van der Waals surface area contributed by atoms with Gasteiger partial charge in [-0.25, -0.2) is 9.97 Å². The van der Waals surface area contributed by atoms with Gasteiger partial charge in [0.05, 0.1) is 11.2 Å². The van der Waals surface area contributed by atoms with Gasteiger partial charge in [0.2, 0.25) is 0 Å². The first-order valence-corrected chi connectivity index (χ1v) is 11.6. The average Bonchev–Trinajstić information content (AvgIpc) is 3.35. The Morgan fingerprint density at radius 3 is 2.41 bits per heavy atom. The zero-order valence-corrected chi connectivity index (χ0v) is 19.0. The quantitative estimate of drug-likeness (QED) is 0.345. The van der Waals surface area contributed by atoms with Crippen LogP contribution in [0.3, 0.4) is 0 Å². The molecule has 1 atom stereocenters. The molecule has 0 bridgehead atoms. The molecule has 2 aliphatic heterocycles. The number of benzene rings is 3. The summed E-state index contributed by atoms with van der Waals surface area (Å²) in [4.78, 5) is 12.8. The molecule has 1 N–H and O–H groups in total. The highest BCUT2D eigenvalue weighted by molar-refractivity contribution is 6.06. The first-order chi connectivity index (χ1) is 16.7. The second kappa shape index (κ2) is 7.06. The van der Waals surface area contributed by atoms with Crippen LogP contribution in [0.4, 0.5) is 11.5 Å². The highest BCUT2D eigenvalue weighted by atomic mass is 15.3.